The van der Waals surface area contributed by atoms with Crippen molar-refractivity contribution >= 4 is 24.0 Å². The van der Waals surface area contributed by atoms with Crippen molar-refractivity contribution in [1.82, 2.24) is 5.32 Å². The topological polar surface area (TPSA) is 50.4 Å². The highest BCUT2D eigenvalue weighted by atomic mass is 35.5. The fourth-order valence-corrected chi connectivity index (χ4v) is 3.80. The van der Waals surface area contributed by atoms with Gasteiger partial charge >= 0.3 is 0 Å². The first kappa shape index (κ1) is 20.9. The molecule has 0 spiro atoms. The number of hydrogen-bond donors (Lipinski definition) is 2. The molecule has 1 aliphatic heterocycles. The van der Waals surface area contributed by atoms with E-state index < -0.39 is 0 Å². The van der Waals surface area contributed by atoms with Crippen molar-refractivity contribution in [1.29, 1.82) is 0 Å². The molecule has 4 rings (SSSR count). The van der Waals surface area contributed by atoms with Crippen LogP contribution in [0.25, 0.3) is 11.1 Å². The van der Waals surface area contributed by atoms with Crippen molar-refractivity contribution in [2.45, 2.75) is 5.92 Å². The Morgan fingerprint density at radius 1 is 0.931 bits per heavy atom. The minimum absolute atomic E-state index is 0. The fraction of sp³-hybridized carbons (Fsp3) is 0.208. The molecule has 5 heteroatoms. The largest absolute Gasteiger partial charge is 0.497 e. The van der Waals surface area contributed by atoms with Crippen molar-refractivity contribution in [2.75, 3.05) is 25.5 Å². The van der Waals surface area contributed by atoms with E-state index in [4.69, 9.17) is 4.74 Å². The number of nitrogens with one attached hydrogen (secondary N) is 2. The van der Waals surface area contributed by atoms with Gasteiger partial charge < -0.3 is 15.4 Å². The van der Waals surface area contributed by atoms with Crippen LogP contribution in [0.5, 0.6) is 5.75 Å². The second-order valence-electron chi connectivity index (χ2n) is 7.08. The quantitative estimate of drug-likeness (QED) is 0.641. The van der Waals surface area contributed by atoms with Crippen LogP contribution in [0.3, 0.4) is 0 Å². The standard InChI is InChI=1S/C24H24N2O2.ClH/c1-28-21-12-10-18(11-13-21)22-15-25-16-23(22)24(27)26-20-9-5-8-19(14-20)17-6-3-2-4-7-17;/h2-14,22-23,25H,15-16H2,1H3,(H,26,27);1H/t22-,23+;/m1./s1. The number of carbonyl (C=O) groups excluding carboxylic acids is 1. The van der Waals surface area contributed by atoms with Crippen molar-refractivity contribution in [2.24, 2.45) is 5.92 Å². The molecule has 0 bridgehead atoms. The molecule has 1 aliphatic rings. The molecule has 3 aromatic carbocycles. The number of ether oxygens (including phenoxy) is 1. The Hall–Kier alpha value is -2.82. The molecule has 3 aromatic rings. The highest BCUT2D eigenvalue weighted by Crippen LogP contribution is 2.31. The molecule has 150 valence electrons. The van der Waals surface area contributed by atoms with Crippen LogP contribution in [0.1, 0.15) is 11.5 Å². The van der Waals surface area contributed by atoms with Crippen LogP contribution >= 0.6 is 12.4 Å². The van der Waals surface area contributed by atoms with Crippen molar-refractivity contribution in [3.05, 3.63) is 84.4 Å². The summed E-state index contributed by atoms with van der Waals surface area (Å²) in [4.78, 5) is 13.0. The second-order valence-corrected chi connectivity index (χ2v) is 7.08. The lowest BCUT2D eigenvalue weighted by molar-refractivity contribution is -0.119. The predicted octanol–water partition coefficient (Wildman–Crippen LogP) is 4.73. The maximum Gasteiger partial charge on any atom is 0.229 e. The summed E-state index contributed by atoms with van der Waals surface area (Å²) >= 11 is 0. The number of halogens is 1. The van der Waals surface area contributed by atoms with E-state index in [1.54, 1.807) is 7.11 Å². The smallest absolute Gasteiger partial charge is 0.229 e. The Bertz CT molecular complexity index is 945. The molecular weight excluding hydrogens is 384 g/mol. The second kappa shape index (κ2) is 9.59. The molecule has 1 heterocycles. The first-order chi connectivity index (χ1) is 13.7. The first-order valence-electron chi connectivity index (χ1n) is 9.55. The molecule has 0 aromatic heterocycles. The number of benzene rings is 3. The van der Waals surface area contributed by atoms with Crippen molar-refractivity contribution in [3.8, 4) is 16.9 Å². The molecule has 0 saturated carbocycles. The Labute approximate surface area is 177 Å². The van der Waals surface area contributed by atoms with Crippen LogP contribution < -0.4 is 15.4 Å². The predicted molar refractivity (Wildman–Crippen MR) is 120 cm³/mol. The number of amides is 1. The van der Waals surface area contributed by atoms with Gasteiger partial charge in [-0.05, 0) is 41.0 Å². The summed E-state index contributed by atoms with van der Waals surface area (Å²) in [5.41, 5.74) is 4.21. The highest BCUT2D eigenvalue weighted by Gasteiger charge is 2.34. The summed E-state index contributed by atoms with van der Waals surface area (Å²) < 4.78 is 5.24. The van der Waals surface area contributed by atoms with Gasteiger partial charge in [-0.25, -0.2) is 0 Å². The average Bonchev–Trinajstić information content (AvgIpc) is 3.25. The van der Waals surface area contributed by atoms with Crippen LogP contribution in [-0.2, 0) is 4.79 Å². The third-order valence-electron chi connectivity index (χ3n) is 5.33. The van der Waals surface area contributed by atoms with E-state index >= 15 is 0 Å². The van der Waals surface area contributed by atoms with Gasteiger partial charge in [0.25, 0.3) is 0 Å². The molecule has 29 heavy (non-hydrogen) atoms. The Balaban J connectivity index is 0.00000240. The van der Waals surface area contributed by atoms with Crippen molar-refractivity contribution < 1.29 is 9.53 Å². The molecule has 1 amide bonds. The molecule has 4 nitrogen and oxygen atoms in total. The summed E-state index contributed by atoms with van der Waals surface area (Å²) in [5.74, 6) is 0.932. The lowest BCUT2D eigenvalue weighted by atomic mass is 9.88. The van der Waals surface area contributed by atoms with Gasteiger partial charge in [-0.3, -0.25) is 4.79 Å². The molecule has 0 radical (unpaired) electrons. The van der Waals surface area contributed by atoms with Gasteiger partial charge in [0.15, 0.2) is 0 Å². The van der Waals surface area contributed by atoms with Gasteiger partial charge in [0.05, 0.1) is 13.0 Å². The van der Waals surface area contributed by atoms with E-state index in [1.807, 2.05) is 60.7 Å². The summed E-state index contributed by atoms with van der Waals surface area (Å²) in [6.45, 7) is 1.48. The van der Waals surface area contributed by atoms with Crippen LogP contribution in [0, 0.1) is 5.92 Å². The number of methoxy groups -OCH3 is 1. The van der Waals surface area contributed by atoms with Gasteiger partial charge in [0, 0.05) is 24.7 Å². The first-order valence-corrected chi connectivity index (χ1v) is 9.55. The van der Waals surface area contributed by atoms with E-state index in [1.165, 1.54) is 0 Å². The summed E-state index contributed by atoms with van der Waals surface area (Å²) in [6, 6.07) is 26.2. The zero-order valence-corrected chi connectivity index (χ0v) is 17.1. The van der Waals surface area contributed by atoms with Gasteiger partial charge in [-0.2, -0.15) is 0 Å². The van der Waals surface area contributed by atoms with Crippen LogP contribution in [0.4, 0.5) is 5.69 Å². The lowest BCUT2D eigenvalue weighted by Crippen LogP contribution is -2.28. The molecule has 0 aliphatic carbocycles. The van der Waals surface area contributed by atoms with Crippen molar-refractivity contribution in [3.63, 3.8) is 0 Å². The third-order valence-corrected chi connectivity index (χ3v) is 5.33. The number of anilines is 1. The number of carbonyl (C=O) groups is 1. The van der Waals surface area contributed by atoms with E-state index in [0.717, 1.165) is 34.7 Å². The van der Waals surface area contributed by atoms with Crippen LogP contribution in [-0.4, -0.2) is 26.1 Å². The molecule has 2 atom stereocenters. The van der Waals surface area contributed by atoms with Crippen LogP contribution in [0.15, 0.2) is 78.9 Å². The van der Waals surface area contributed by atoms with E-state index in [0.29, 0.717) is 6.54 Å². The fourth-order valence-electron chi connectivity index (χ4n) is 3.80. The normalized spacial score (nSPS) is 18.0. The van der Waals surface area contributed by atoms with Gasteiger partial charge in [0.1, 0.15) is 5.75 Å². The molecule has 1 saturated heterocycles. The van der Waals surface area contributed by atoms with E-state index in [9.17, 15) is 4.79 Å². The number of rotatable bonds is 5. The minimum Gasteiger partial charge on any atom is -0.497 e. The van der Waals surface area contributed by atoms with Gasteiger partial charge in [0.2, 0.25) is 5.91 Å². The van der Waals surface area contributed by atoms with Gasteiger partial charge in [-0.1, -0.05) is 54.6 Å². The molecule has 1 fully saturated rings. The Morgan fingerprint density at radius 2 is 1.66 bits per heavy atom. The number of hydrogen-bond acceptors (Lipinski definition) is 3. The van der Waals surface area contributed by atoms with Gasteiger partial charge in [-0.15, -0.1) is 12.4 Å². The lowest BCUT2D eigenvalue weighted by Gasteiger charge is -2.19. The molecule has 2 N–H and O–H groups in total. The average molecular weight is 409 g/mol. The summed E-state index contributed by atoms with van der Waals surface area (Å²) in [7, 11) is 1.66. The summed E-state index contributed by atoms with van der Waals surface area (Å²) in [6.07, 6.45) is 0. The highest BCUT2D eigenvalue weighted by molar-refractivity contribution is 5.94. The SMILES string of the molecule is COc1ccc([C@H]2CNC[C@@H]2C(=O)Nc2cccc(-c3ccccc3)c2)cc1.Cl. The van der Waals surface area contributed by atoms with E-state index in [2.05, 4.69) is 28.8 Å². The van der Waals surface area contributed by atoms with E-state index in [-0.39, 0.29) is 30.2 Å². The maximum absolute atomic E-state index is 13.0. The zero-order valence-electron chi connectivity index (χ0n) is 16.3. The molecule has 0 unspecified atom stereocenters. The summed E-state index contributed by atoms with van der Waals surface area (Å²) in [5, 5.41) is 6.47. The Kier molecular flexibility index (Phi) is 6.91. The maximum atomic E-state index is 13.0. The Morgan fingerprint density at radius 3 is 2.38 bits per heavy atom. The third kappa shape index (κ3) is 4.78. The zero-order chi connectivity index (χ0) is 19.3. The monoisotopic (exact) mass is 408 g/mol. The van der Waals surface area contributed by atoms with Crippen LogP contribution in [0.2, 0.25) is 0 Å². The molecular formula is C24H25ClN2O2. The minimum atomic E-state index is -0.103.